The Morgan fingerprint density at radius 2 is 1.95 bits per heavy atom. The van der Waals surface area contributed by atoms with E-state index in [9.17, 15) is 8.42 Å². The first-order valence-electron chi connectivity index (χ1n) is 7.14. The average molecular weight is 314 g/mol. The molecular formula is C15H26N2O3S. The van der Waals surface area contributed by atoms with Gasteiger partial charge in [-0.05, 0) is 46.8 Å². The fraction of sp³-hybridized carbons (Fsp3) is 0.667. The van der Waals surface area contributed by atoms with Crippen LogP contribution >= 0.6 is 0 Å². The van der Waals surface area contributed by atoms with E-state index in [1.54, 1.807) is 20.0 Å². The van der Waals surface area contributed by atoms with Crippen LogP contribution in [-0.4, -0.2) is 36.6 Å². The largest absolute Gasteiger partial charge is 0.491 e. The molecule has 0 saturated carbocycles. The maximum absolute atomic E-state index is 11.6. The topological polar surface area (TPSA) is 68.3 Å². The summed E-state index contributed by atoms with van der Waals surface area (Å²) in [5.74, 6) is 0.617. The number of sulfone groups is 1. The third kappa shape index (κ3) is 6.91. The summed E-state index contributed by atoms with van der Waals surface area (Å²) in [6, 6.07) is 3.69. The van der Waals surface area contributed by atoms with Crippen molar-refractivity contribution in [1.29, 1.82) is 0 Å². The summed E-state index contributed by atoms with van der Waals surface area (Å²) in [4.78, 5) is 4.30. The first-order chi connectivity index (χ1) is 9.60. The number of hydrogen-bond donors (Lipinski definition) is 1. The van der Waals surface area contributed by atoms with E-state index in [2.05, 4.69) is 31.1 Å². The van der Waals surface area contributed by atoms with Crippen molar-refractivity contribution in [1.82, 2.24) is 10.3 Å². The number of nitrogens with zero attached hydrogens (tertiary/aromatic N) is 1. The molecule has 1 aromatic heterocycles. The lowest BCUT2D eigenvalue weighted by Crippen LogP contribution is -2.35. The molecule has 0 saturated heterocycles. The molecule has 1 heterocycles. The van der Waals surface area contributed by atoms with E-state index in [0.717, 1.165) is 5.69 Å². The second-order valence-electron chi connectivity index (χ2n) is 6.35. The normalized spacial score (nSPS) is 12.7. The number of ether oxygens (including phenoxy) is 1. The monoisotopic (exact) mass is 314 g/mol. The van der Waals surface area contributed by atoms with Gasteiger partial charge in [-0.25, -0.2) is 8.42 Å². The van der Waals surface area contributed by atoms with Gasteiger partial charge in [0.15, 0.2) is 9.84 Å². The minimum atomic E-state index is -3.06. The molecular weight excluding hydrogens is 288 g/mol. The molecule has 0 aliphatic rings. The zero-order chi connectivity index (χ0) is 16.1. The number of hydrogen-bond acceptors (Lipinski definition) is 5. The predicted molar refractivity (Wildman–Crippen MR) is 85.2 cm³/mol. The molecule has 0 amide bonds. The Bertz CT molecular complexity index is 531. The minimum absolute atomic E-state index is 0.0258. The third-order valence-electron chi connectivity index (χ3n) is 2.95. The molecule has 0 radical (unpaired) electrons. The van der Waals surface area contributed by atoms with E-state index >= 15 is 0 Å². The van der Waals surface area contributed by atoms with Gasteiger partial charge in [-0.2, -0.15) is 0 Å². The molecule has 0 atom stereocenters. The van der Waals surface area contributed by atoms with Crippen molar-refractivity contribution < 1.29 is 13.2 Å². The van der Waals surface area contributed by atoms with E-state index in [4.69, 9.17) is 4.74 Å². The lowest BCUT2D eigenvalue weighted by Gasteiger charge is -2.20. The number of nitrogens with one attached hydrogen (secondary N) is 1. The zero-order valence-corrected chi connectivity index (χ0v) is 14.3. The maximum Gasteiger partial charge on any atom is 0.155 e. The lowest BCUT2D eigenvalue weighted by molar-refractivity contribution is 0.338. The Hall–Kier alpha value is -1.14. The van der Waals surface area contributed by atoms with Crippen LogP contribution in [0.3, 0.4) is 0 Å². The van der Waals surface area contributed by atoms with Gasteiger partial charge in [0.1, 0.15) is 12.4 Å². The van der Waals surface area contributed by atoms with Gasteiger partial charge < -0.3 is 10.1 Å². The zero-order valence-electron chi connectivity index (χ0n) is 13.5. The summed E-state index contributed by atoms with van der Waals surface area (Å²) >= 11 is 0. The molecule has 120 valence electrons. The maximum atomic E-state index is 11.6. The number of pyridine rings is 1. The summed E-state index contributed by atoms with van der Waals surface area (Å²) in [6.07, 6.45) is 1.63. The van der Waals surface area contributed by atoms with E-state index in [-0.39, 0.29) is 23.1 Å². The molecule has 0 spiro atoms. The lowest BCUT2D eigenvalue weighted by atomic mass is 10.1. The van der Waals surface area contributed by atoms with Crippen molar-refractivity contribution in [3.05, 3.63) is 24.0 Å². The van der Waals surface area contributed by atoms with Crippen molar-refractivity contribution in [3.8, 4) is 5.75 Å². The minimum Gasteiger partial charge on any atom is -0.491 e. The summed E-state index contributed by atoms with van der Waals surface area (Å²) in [5.41, 5.74) is 0.967. The molecule has 1 aromatic rings. The highest BCUT2D eigenvalue weighted by Crippen LogP contribution is 2.11. The average Bonchev–Trinajstić information content (AvgIpc) is 2.36. The van der Waals surface area contributed by atoms with Gasteiger partial charge in [0.25, 0.3) is 0 Å². The quantitative estimate of drug-likeness (QED) is 0.835. The van der Waals surface area contributed by atoms with Crippen LogP contribution < -0.4 is 10.1 Å². The highest BCUT2D eigenvalue weighted by molar-refractivity contribution is 7.91. The van der Waals surface area contributed by atoms with Crippen LogP contribution in [0.4, 0.5) is 0 Å². The molecule has 1 N–H and O–H groups in total. The van der Waals surface area contributed by atoms with Gasteiger partial charge in [-0.15, -0.1) is 0 Å². The Labute approximate surface area is 128 Å². The molecule has 0 unspecified atom stereocenters. The van der Waals surface area contributed by atoms with Gasteiger partial charge in [0.2, 0.25) is 0 Å². The molecule has 21 heavy (non-hydrogen) atoms. The van der Waals surface area contributed by atoms with Crippen molar-refractivity contribution in [3.63, 3.8) is 0 Å². The van der Waals surface area contributed by atoms with Gasteiger partial charge in [0.05, 0.1) is 22.9 Å². The Balaban J connectivity index is 2.45. The first kappa shape index (κ1) is 17.9. The van der Waals surface area contributed by atoms with Crippen LogP contribution in [0, 0.1) is 0 Å². The summed E-state index contributed by atoms with van der Waals surface area (Å²) in [7, 11) is -3.06. The second-order valence-corrected chi connectivity index (χ2v) is 9.03. The summed E-state index contributed by atoms with van der Waals surface area (Å²) in [6.45, 7) is 10.5. The van der Waals surface area contributed by atoms with Crippen molar-refractivity contribution >= 4 is 9.84 Å². The van der Waals surface area contributed by atoms with E-state index < -0.39 is 9.84 Å². The molecule has 0 fully saturated rings. The molecule has 0 aliphatic heterocycles. The SMILES string of the molecule is CC(C)S(=O)(=O)CCOc1ccc(CNC(C)(C)C)nc1. The van der Waals surface area contributed by atoms with Crippen molar-refractivity contribution in [2.45, 2.75) is 52.0 Å². The first-order valence-corrected chi connectivity index (χ1v) is 8.86. The van der Waals surface area contributed by atoms with Gasteiger partial charge >= 0.3 is 0 Å². The van der Waals surface area contributed by atoms with E-state index in [0.29, 0.717) is 12.3 Å². The molecule has 5 nitrogen and oxygen atoms in total. The van der Waals surface area contributed by atoms with Crippen LogP contribution in [0.25, 0.3) is 0 Å². The van der Waals surface area contributed by atoms with Crippen LogP contribution in [0.5, 0.6) is 5.75 Å². The number of aromatic nitrogens is 1. The highest BCUT2D eigenvalue weighted by atomic mass is 32.2. The van der Waals surface area contributed by atoms with Gasteiger partial charge in [-0.1, -0.05) is 0 Å². The standard InChI is InChI=1S/C15H26N2O3S/c1-12(2)21(18,19)9-8-20-14-7-6-13(16-11-14)10-17-15(3,4)5/h6-7,11-12,17H,8-10H2,1-5H3. The van der Waals surface area contributed by atoms with Crippen LogP contribution in [0.1, 0.15) is 40.3 Å². The van der Waals surface area contributed by atoms with Gasteiger partial charge in [0, 0.05) is 12.1 Å². The predicted octanol–water partition coefficient (Wildman–Crippen LogP) is 2.17. The van der Waals surface area contributed by atoms with E-state index in [1.807, 2.05) is 12.1 Å². The fourth-order valence-electron chi connectivity index (χ4n) is 1.47. The molecule has 6 heteroatoms. The molecule has 0 aromatic carbocycles. The summed E-state index contributed by atoms with van der Waals surface area (Å²) in [5, 5.41) is 2.98. The number of rotatable bonds is 7. The third-order valence-corrected chi connectivity index (χ3v) is 5.12. The second kappa shape index (κ2) is 7.22. The Morgan fingerprint density at radius 1 is 1.29 bits per heavy atom. The molecule has 0 aliphatic carbocycles. The summed E-state index contributed by atoms with van der Waals surface area (Å²) < 4.78 is 28.7. The van der Waals surface area contributed by atoms with Gasteiger partial charge in [-0.3, -0.25) is 4.98 Å². The van der Waals surface area contributed by atoms with Crippen LogP contribution in [0.2, 0.25) is 0 Å². The fourth-order valence-corrected chi connectivity index (χ4v) is 2.26. The van der Waals surface area contributed by atoms with Crippen molar-refractivity contribution in [2.75, 3.05) is 12.4 Å². The highest BCUT2D eigenvalue weighted by Gasteiger charge is 2.15. The van der Waals surface area contributed by atoms with Crippen LogP contribution in [0.15, 0.2) is 18.3 Å². The van der Waals surface area contributed by atoms with Crippen molar-refractivity contribution in [2.24, 2.45) is 0 Å². The van der Waals surface area contributed by atoms with Crippen LogP contribution in [-0.2, 0) is 16.4 Å². The molecule has 0 bridgehead atoms. The van der Waals surface area contributed by atoms with E-state index in [1.165, 1.54) is 0 Å². The Kier molecular flexibility index (Phi) is 6.16. The smallest absolute Gasteiger partial charge is 0.155 e. The Morgan fingerprint density at radius 3 is 2.43 bits per heavy atom. The molecule has 1 rings (SSSR count).